The molecule has 2 rings (SSSR count). The maximum Gasteiger partial charge on any atom is 0.238 e. The van der Waals surface area contributed by atoms with E-state index in [2.05, 4.69) is 28.5 Å². The number of likely N-dealkylation sites (N-methyl/N-ethyl adjacent to an activating group) is 1. The minimum Gasteiger partial charge on any atom is -0.396 e. The fourth-order valence-corrected chi connectivity index (χ4v) is 4.06. The van der Waals surface area contributed by atoms with Crippen LogP contribution in [0.3, 0.4) is 0 Å². The number of aliphatic hydroxyl groups excluding tert-OH is 2. The number of allylic oxidation sites excluding steroid dienone is 1. The number of aliphatic hydroxyl groups is 2. The van der Waals surface area contributed by atoms with E-state index in [-0.39, 0.29) is 18.6 Å². The van der Waals surface area contributed by atoms with Crippen LogP contribution in [-0.2, 0) is 9.47 Å². The summed E-state index contributed by atoms with van der Waals surface area (Å²) in [4.78, 5) is 4.46. The standard InChI is InChI=1S/C21H43N5O4/c1-5-25(11-10-23-15-29-4)17-6-8-18(9-7-17)26-13-19(30-20(26)28)12-24-21(3,22)16(2)14-27/h8,16-17,19-20,23-24,27-28H,5-7,9-15,22H2,1-4H3. The fourth-order valence-electron chi connectivity index (χ4n) is 4.06. The average Bonchev–Trinajstić information content (AvgIpc) is 3.12. The smallest absolute Gasteiger partial charge is 0.238 e. The molecular formula is C21H43N5O4. The summed E-state index contributed by atoms with van der Waals surface area (Å²) in [6.07, 6.45) is 4.18. The van der Waals surface area contributed by atoms with Gasteiger partial charge in [0.2, 0.25) is 6.41 Å². The number of nitrogens with two attached hydrogens (primary N) is 1. The van der Waals surface area contributed by atoms with E-state index in [0.29, 0.717) is 25.9 Å². The normalized spacial score (nSPS) is 27.9. The largest absolute Gasteiger partial charge is 0.396 e. The van der Waals surface area contributed by atoms with Gasteiger partial charge < -0.3 is 30.3 Å². The molecule has 5 unspecified atom stereocenters. The van der Waals surface area contributed by atoms with Gasteiger partial charge in [0.1, 0.15) is 0 Å². The molecule has 9 heteroatoms. The van der Waals surface area contributed by atoms with Crippen LogP contribution in [0.4, 0.5) is 0 Å². The first-order valence-electron chi connectivity index (χ1n) is 11.2. The summed E-state index contributed by atoms with van der Waals surface area (Å²) in [5, 5.41) is 26.3. The maximum atomic E-state index is 10.4. The van der Waals surface area contributed by atoms with E-state index in [0.717, 1.165) is 44.6 Å². The van der Waals surface area contributed by atoms with Gasteiger partial charge in [-0.05, 0) is 32.7 Å². The number of hydrogen-bond donors (Lipinski definition) is 5. The zero-order valence-electron chi connectivity index (χ0n) is 19.1. The van der Waals surface area contributed by atoms with Gasteiger partial charge in [0.25, 0.3) is 0 Å². The SMILES string of the molecule is CCN(CCNCOC)C1CC=C(N2CC(CNC(C)(N)C(C)CO)OC2O)CC1. The molecule has 0 aromatic carbocycles. The van der Waals surface area contributed by atoms with Gasteiger partial charge in [0.15, 0.2) is 0 Å². The van der Waals surface area contributed by atoms with Crippen LogP contribution in [0.1, 0.15) is 40.0 Å². The van der Waals surface area contributed by atoms with Crippen LogP contribution in [0.15, 0.2) is 11.8 Å². The summed E-state index contributed by atoms with van der Waals surface area (Å²) >= 11 is 0. The Bertz CT molecular complexity index is 534. The molecule has 0 aromatic rings. The third kappa shape index (κ3) is 7.13. The van der Waals surface area contributed by atoms with E-state index in [1.165, 1.54) is 0 Å². The van der Waals surface area contributed by atoms with Crippen LogP contribution in [0.2, 0.25) is 0 Å². The molecule has 5 atom stereocenters. The number of nitrogens with one attached hydrogen (secondary N) is 2. The van der Waals surface area contributed by atoms with Crippen molar-refractivity contribution in [1.29, 1.82) is 0 Å². The lowest BCUT2D eigenvalue weighted by molar-refractivity contribution is -0.141. The van der Waals surface area contributed by atoms with Crippen molar-refractivity contribution in [3.05, 3.63) is 11.8 Å². The van der Waals surface area contributed by atoms with E-state index in [4.69, 9.17) is 15.2 Å². The number of methoxy groups -OCH3 is 1. The van der Waals surface area contributed by atoms with E-state index in [1.807, 2.05) is 18.7 Å². The zero-order chi connectivity index (χ0) is 22.1. The van der Waals surface area contributed by atoms with Crippen molar-refractivity contribution in [2.45, 2.75) is 64.3 Å². The second-order valence-corrected chi connectivity index (χ2v) is 8.67. The number of nitrogens with zero attached hydrogens (tertiary/aromatic N) is 2. The van der Waals surface area contributed by atoms with Crippen LogP contribution in [-0.4, -0.2) is 97.4 Å². The lowest BCUT2D eigenvalue weighted by atomic mass is 9.96. The molecule has 0 bridgehead atoms. The number of hydrogen-bond acceptors (Lipinski definition) is 9. The van der Waals surface area contributed by atoms with Gasteiger partial charge in [0, 0.05) is 51.0 Å². The van der Waals surface area contributed by atoms with Gasteiger partial charge in [-0.1, -0.05) is 19.9 Å². The first kappa shape index (κ1) is 25.5. The summed E-state index contributed by atoms with van der Waals surface area (Å²) in [5.74, 6) is -0.0795. The molecule has 9 nitrogen and oxygen atoms in total. The molecule has 0 spiro atoms. The molecule has 2 aliphatic rings. The maximum absolute atomic E-state index is 10.4. The molecule has 0 saturated carbocycles. The molecule has 1 saturated heterocycles. The molecule has 6 N–H and O–H groups in total. The van der Waals surface area contributed by atoms with Crippen LogP contribution in [0.25, 0.3) is 0 Å². The van der Waals surface area contributed by atoms with Gasteiger partial charge >= 0.3 is 0 Å². The lowest BCUT2D eigenvalue weighted by Gasteiger charge is -2.35. The monoisotopic (exact) mass is 429 g/mol. The topological polar surface area (TPSA) is 115 Å². The Morgan fingerprint density at radius 3 is 2.87 bits per heavy atom. The third-order valence-electron chi connectivity index (χ3n) is 6.46. The van der Waals surface area contributed by atoms with E-state index in [1.54, 1.807) is 7.11 Å². The highest BCUT2D eigenvalue weighted by Crippen LogP contribution is 2.29. The molecule has 1 aliphatic carbocycles. The zero-order valence-corrected chi connectivity index (χ0v) is 19.1. The average molecular weight is 430 g/mol. The predicted molar refractivity (Wildman–Crippen MR) is 117 cm³/mol. The van der Waals surface area contributed by atoms with E-state index in [9.17, 15) is 10.2 Å². The predicted octanol–water partition coefficient (Wildman–Crippen LogP) is -0.192. The molecule has 176 valence electrons. The van der Waals surface area contributed by atoms with Gasteiger partial charge in [-0.25, -0.2) is 0 Å². The summed E-state index contributed by atoms with van der Waals surface area (Å²) < 4.78 is 10.8. The quantitative estimate of drug-likeness (QED) is 0.201. The minimum atomic E-state index is -0.917. The minimum absolute atomic E-state index is 0.0194. The molecule has 0 amide bonds. The number of ether oxygens (including phenoxy) is 2. The highest BCUT2D eigenvalue weighted by atomic mass is 16.6. The Morgan fingerprint density at radius 1 is 1.50 bits per heavy atom. The third-order valence-corrected chi connectivity index (χ3v) is 6.46. The molecule has 1 aliphatic heterocycles. The van der Waals surface area contributed by atoms with Crippen LogP contribution in [0, 0.1) is 5.92 Å². The van der Waals surface area contributed by atoms with Gasteiger partial charge in [-0.3, -0.25) is 15.5 Å². The van der Waals surface area contributed by atoms with Gasteiger partial charge in [0.05, 0.1) is 25.0 Å². The Morgan fingerprint density at radius 2 is 2.27 bits per heavy atom. The Labute approximate surface area is 181 Å². The first-order chi connectivity index (χ1) is 14.3. The molecule has 0 radical (unpaired) electrons. The van der Waals surface area contributed by atoms with Gasteiger partial charge in [-0.2, -0.15) is 0 Å². The highest BCUT2D eigenvalue weighted by molar-refractivity contribution is 5.09. The molecule has 0 aromatic heterocycles. The van der Waals surface area contributed by atoms with Gasteiger partial charge in [-0.15, -0.1) is 0 Å². The second-order valence-electron chi connectivity index (χ2n) is 8.67. The summed E-state index contributed by atoms with van der Waals surface area (Å²) in [5.41, 5.74) is 6.72. The van der Waals surface area contributed by atoms with Crippen molar-refractivity contribution in [3.8, 4) is 0 Å². The van der Waals surface area contributed by atoms with E-state index >= 15 is 0 Å². The molecule has 1 heterocycles. The van der Waals surface area contributed by atoms with Crippen LogP contribution >= 0.6 is 0 Å². The van der Waals surface area contributed by atoms with Crippen molar-refractivity contribution in [2.24, 2.45) is 11.7 Å². The van der Waals surface area contributed by atoms with Crippen molar-refractivity contribution in [1.82, 2.24) is 20.4 Å². The molecule has 1 fully saturated rings. The summed E-state index contributed by atoms with van der Waals surface area (Å²) in [6.45, 7) is 10.7. The summed E-state index contributed by atoms with van der Waals surface area (Å²) in [7, 11) is 1.69. The highest BCUT2D eigenvalue weighted by Gasteiger charge is 2.35. The van der Waals surface area contributed by atoms with Crippen molar-refractivity contribution in [3.63, 3.8) is 0 Å². The lowest BCUT2D eigenvalue weighted by Crippen LogP contribution is -2.58. The number of rotatable bonds is 13. The fraction of sp³-hybridized carbons (Fsp3) is 0.905. The first-order valence-corrected chi connectivity index (χ1v) is 11.2. The van der Waals surface area contributed by atoms with E-state index < -0.39 is 12.1 Å². The van der Waals surface area contributed by atoms with Crippen LogP contribution in [0.5, 0.6) is 0 Å². The Hall–Kier alpha value is -0.780. The molecule has 30 heavy (non-hydrogen) atoms. The second kappa shape index (κ2) is 12.3. The Balaban J connectivity index is 1.82. The van der Waals surface area contributed by atoms with Crippen LogP contribution < -0.4 is 16.4 Å². The summed E-state index contributed by atoms with van der Waals surface area (Å²) in [6, 6.07) is 0.527. The van der Waals surface area contributed by atoms with Crippen molar-refractivity contribution >= 4 is 0 Å². The van der Waals surface area contributed by atoms with Crippen molar-refractivity contribution < 1.29 is 19.7 Å². The Kier molecular flexibility index (Phi) is 10.5. The van der Waals surface area contributed by atoms with Crippen molar-refractivity contribution in [2.75, 3.05) is 53.2 Å². The molecular weight excluding hydrogens is 386 g/mol.